The number of aryl methyl sites for hydroxylation is 1. The first-order chi connectivity index (χ1) is 8.92. The van der Waals surface area contributed by atoms with Crippen molar-refractivity contribution in [3.8, 4) is 0 Å². The van der Waals surface area contributed by atoms with Gasteiger partial charge in [0.25, 0.3) is 0 Å². The van der Waals surface area contributed by atoms with Crippen molar-refractivity contribution in [2.24, 2.45) is 0 Å². The number of nitrogens with one attached hydrogen (secondary N) is 2. The van der Waals surface area contributed by atoms with Gasteiger partial charge in [-0.15, -0.1) is 11.3 Å². The molecule has 1 aromatic rings. The van der Waals surface area contributed by atoms with Crippen molar-refractivity contribution in [3.63, 3.8) is 0 Å². The molecule has 0 radical (unpaired) electrons. The van der Waals surface area contributed by atoms with Crippen molar-refractivity contribution in [1.82, 2.24) is 10.0 Å². The molecule has 0 aliphatic heterocycles. The molecule has 1 atom stereocenters. The summed E-state index contributed by atoms with van der Waals surface area (Å²) in [6, 6.07) is -0.0424. The van der Waals surface area contributed by atoms with Crippen LogP contribution in [0, 0.1) is 6.92 Å². The van der Waals surface area contributed by atoms with Crippen molar-refractivity contribution in [3.05, 3.63) is 15.8 Å². The highest BCUT2D eigenvalue weighted by Crippen LogP contribution is 2.27. The minimum atomic E-state index is -3.42. The van der Waals surface area contributed by atoms with Gasteiger partial charge in [-0.25, -0.2) is 13.1 Å². The molecule has 1 rings (SSSR count). The van der Waals surface area contributed by atoms with Gasteiger partial charge in [-0.2, -0.15) is 11.8 Å². The van der Waals surface area contributed by atoms with Crippen LogP contribution in [0.2, 0.25) is 0 Å². The summed E-state index contributed by atoms with van der Waals surface area (Å²) in [4.78, 5) is 1.31. The molecule has 7 heteroatoms. The summed E-state index contributed by atoms with van der Waals surface area (Å²) in [5.74, 6) is 0.954. The zero-order chi connectivity index (χ0) is 14.5. The average molecular weight is 323 g/mol. The molecule has 19 heavy (non-hydrogen) atoms. The Morgan fingerprint density at radius 3 is 2.74 bits per heavy atom. The van der Waals surface area contributed by atoms with E-state index in [9.17, 15) is 8.42 Å². The van der Waals surface area contributed by atoms with Gasteiger partial charge in [0.15, 0.2) is 0 Å². The quantitative estimate of drug-likeness (QED) is 0.770. The molecule has 0 amide bonds. The average Bonchev–Trinajstić information content (AvgIpc) is 2.68. The lowest BCUT2D eigenvalue weighted by Crippen LogP contribution is -2.33. The summed E-state index contributed by atoms with van der Waals surface area (Å²) in [5.41, 5.74) is 0.819. The van der Waals surface area contributed by atoms with Gasteiger partial charge in [0, 0.05) is 17.5 Å². The Balaban J connectivity index is 2.90. The lowest BCUT2D eigenvalue weighted by Gasteiger charge is -2.14. The second-order valence-corrected chi connectivity index (χ2v) is 8.11. The smallest absolute Gasteiger partial charge is 0.242 e. The predicted octanol–water partition coefficient (Wildman–Crippen LogP) is 2.20. The topological polar surface area (TPSA) is 58.2 Å². The van der Waals surface area contributed by atoms with E-state index in [-0.39, 0.29) is 6.04 Å². The first kappa shape index (κ1) is 17.0. The van der Waals surface area contributed by atoms with E-state index in [4.69, 9.17) is 0 Å². The molecule has 1 aromatic heterocycles. The van der Waals surface area contributed by atoms with E-state index in [0.29, 0.717) is 11.4 Å². The van der Waals surface area contributed by atoms with Crippen LogP contribution in [0.3, 0.4) is 0 Å². The molecule has 0 spiro atoms. The van der Waals surface area contributed by atoms with E-state index >= 15 is 0 Å². The molecule has 0 bridgehead atoms. The van der Waals surface area contributed by atoms with Gasteiger partial charge in [0.2, 0.25) is 10.0 Å². The van der Waals surface area contributed by atoms with Crippen LogP contribution in [0.4, 0.5) is 0 Å². The van der Waals surface area contributed by atoms with Crippen LogP contribution in [0.5, 0.6) is 0 Å². The van der Waals surface area contributed by atoms with Crippen LogP contribution in [0.1, 0.15) is 23.8 Å². The predicted molar refractivity (Wildman–Crippen MR) is 84.6 cm³/mol. The lowest BCUT2D eigenvalue weighted by atomic mass is 10.3. The van der Waals surface area contributed by atoms with Gasteiger partial charge < -0.3 is 5.32 Å². The zero-order valence-electron chi connectivity index (χ0n) is 11.8. The third kappa shape index (κ3) is 4.75. The molecule has 110 valence electrons. The maximum absolute atomic E-state index is 12.4. The van der Waals surface area contributed by atoms with Crippen LogP contribution in [0.25, 0.3) is 0 Å². The lowest BCUT2D eigenvalue weighted by molar-refractivity contribution is 0.555. The fourth-order valence-corrected chi connectivity index (χ4v) is 5.50. The Hall–Kier alpha value is -0.0800. The molecular weight excluding hydrogens is 300 g/mol. The van der Waals surface area contributed by atoms with Crippen molar-refractivity contribution in [1.29, 1.82) is 0 Å². The van der Waals surface area contributed by atoms with Gasteiger partial charge >= 0.3 is 0 Å². The van der Waals surface area contributed by atoms with Crippen LogP contribution < -0.4 is 10.0 Å². The first-order valence-electron chi connectivity index (χ1n) is 6.15. The van der Waals surface area contributed by atoms with Gasteiger partial charge in [-0.05, 0) is 50.3 Å². The molecule has 0 aromatic carbocycles. The monoisotopic (exact) mass is 322 g/mol. The first-order valence-corrected chi connectivity index (χ1v) is 9.91. The van der Waals surface area contributed by atoms with Crippen molar-refractivity contribution >= 4 is 33.1 Å². The maximum atomic E-state index is 12.4. The van der Waals surface area contributed by atoms with E-state index in [2.05, 4.69) is 10.0 Å². The van der Waals surface area contributed by atoms with Gasteiger partial charge in [0.05, 0.1) is 0 Å². The zero-order valence-corrected chi connectivity index (χ0v) is 14.3. The molecule has 0 fully saturated rings. The minimum absolute atomic E-state index is 0.0424. The molecule has 1 unspecified atom stereocenters. The number of hydrogen-bond acceptors (Lipinski definition) is 5. The molecule has 0 aliphatic carbocycles. The second kappa shape index (κ2) is 7.64. The van der Waals surface area contributed by atoms with Crippen LogP contribution in [-0.2, 0) is 16.6 Å². The highest BCUT2D eigenvalue weighted by molar-refractivity contribution is 7.98. The number of rotatable bonds is 8. The van der Waals surface area contributed by atoms with Crippen molar-refractivity contribution in [2.75, 3.05) is 19.1 Å². The normalized spacial score (nSPS) is 13.7. The summed E-state index contributed by atoms with van der Waals surface area (Å²) < 4.78 is 27.7. The molecule has 0 aliphatic rings. The van der Waals surface area contributed by atoms with Crippen LogP contribution >= 0.6 is 23.1 Å². The van der Waals surface area contributed by atoms with Gasteiger partial charge in [0.1, 0.15) is 4.90 Å². The molecular formula is C12H22N2O2S3. The summed E-state index contributed by atoms with van der Waals surface area (Å²) >= 11 is 3.21. The van der Waals surface area contributed by atoms with E-state index in [0.717, 1.165) is 22.6 Å². The summed E-state index contributed by atoms with van der Waals surface area (Å²) in [5, 5.41) is 4.91. The van der Waals surface area contributed by atoms with Crippen LogP contribution in [-0.4, -0.2) is 33.5 Å². The summed E-state index contributed by atoms with van der Waals surface area (Å²) in [6.45, 7) is 4.33. The molecule has 0 saturated heterocycles. The Bertz CT molecular complexity index is 497. The second-order valence-electron chi connectivity index (χ2n) is 4.51. The Labute approximate surface area is 124 Å². The Morgan fingerprint density at radius 2 is 2.16 bits per heavy atom. The number of hydrogen-bond donors (Lipinski definition) is 2. The Kier molecular flexibility index (Phi) is 6.82. The fraction of sp³-hybridized carbons (Fsp3) is 0.667. The van der Waals surface area contributed by atoms with Crippen molar-refractivity contribution in [2.45, 2.75) is 37.8 Å². The molecule has 0 saturated carbocycles. The third-order valence-electron chi connectivity index (χ3n) is 2.71. The summed E-state index contributed by atoms with van der Waals surface area (Å²) in [7, 11) is -1.60. The highest BCUT2D eigenvalue weighted by atomic mass is 32.2. The number of sulfonamides is 1. The third-order valence-corrected chi connectivity index (χ3v) is 6.40. The molecule has 4 nitrogen and oxygen atoms in total. The molecule has 2 N–H and O–H groups in total. The van der Waals surface area contributed by atoms with Crippen LogP contribution in [0.15, 0.2) is 10.3 Å². The summed E-state index contributed by atoms with van der Waals surface area (Å²) in [6.07, 6.45) is 2.86. The number of thioether (sulfide) groups is 1. The largest absolute Gasteiger partial charge is 0.315 e. The molecule has 1 heterocycles. The maximum Gasteiger partial charge on any atom is 0.242 e. The van der Waals surface area contributed by atoms with E-state index in [1.165, 1.54) is 11.3 Å². The minimum Gasteiger partial charge on any atom is -0.315 e. The van der Waals surface area contributed by atoms with E-state index in [1.807, 2.05) is 32.5 Å². The SMILES string of the molecule is CNCc1scc(C)c1S(=O)(=O)NC(C)CCSC. The van der Waals surface area contributed by atoms with E-state index < -0.39 is 10.0 Å². The van der Waals surface area contributed by atoms with Gasteiger partial charge in [-0.1, -0.05) is 0 Å². The number of thiophene rings is 1. The Morgan fingerprint density at radius 1 is 1.47 bits per heavy atom. The van der Waals surface area contributed by atoms with Gasteiger partial charge in [-0.3, -0.25) is 0 Å². The fourth-order valence-electron chi connectivity index (χ4n) is 1.81. The van der Waals surface area contributed by atoms with E-state index in [1.54, 1.807) is 11.8 Å². The van der Waals surface area contributed by atoms with Crippen molar-refractivity contribution < 1.29 is 8.42 Å². The highest BCUT2D eigenvalue weighted by Gasteiger charge is 2.24. The standard InChI is InChI=1S/C12H22N2O2S3/c1-9-8-18-11(7-13-3)12(9)19(15,16)14-10(2)5-6-17-4/h8,10,13-14H,5-7H2,1-4H3.